The first-order chi connectivity index (χ1) is 11.8. The van der Waals surface area contributed by atoms with E-state index < -0.39 is 0 Å². The summed E-state index contributed by atoms with van der Waals surface area (Å²) < 4.78 is 0. The van der Waals surface area contributed by atoms with Gasteiger partial charge in [-0.25, -0.2) is 0 Å². The van der Waals surface area contributed by atoms with Crippen LogP contribution >= 0.6 is 0 Å². The van der Waals surface area contributed by atoms with Crippen LogP contribution in [0.1, 0.15) is 55.3 Å². The molecule has 1 saturated carbocycles. The van der Waals surface area contributed by atoms with E-state index in [-0.39, 0.29) is 5.91 Å². The van der Waals surface area contributed by atoms with Crippen molar-refractivity contribution in [2.75, 3.05) is 26.2 Å². The summed E-state index contributed by atoms with van der Waals surface area (Å²) in [4.78, 5) is 14.7. The summed E-state index contributed by atoms with van der Waals surface area (Å²) in [5, 5.41) is 3.06. The van der Waals surface area contributed by atoms with Crippen molar-refractivity contribution in [1.29, 1.82) is 0 Å². The number of rotatable bonds is 6. The second-order valence-electron chi connectivity index (χ2n) is 7.27. The Kier molecular flexibility index (Phi) is 6.48. The SMILES string of the molecule is O=C(NCC1=CCCN(CCC2CCCCC2)C1)c1ccccc1. The summed E-state index contributed by atoms with van der Waals surface area (Å²) >= 11 is 0. The molecular formula is C21H30N2O. The van der Waals surface area contributed by atoms with Crippen molar-refractivity contribution < 1.29 is 4.79 Å². The van der Waals surface area contributed by atoms with Crippen molar-refractivity contribution in [3.63, 3.8) is 0 Å². The molecule has 3 rings (SSSR count). The summed E-state index contributed by atoms with van der Waals surface area (Å²) in [5.74, 6) is 0.974. The highest BCUT2D eigenvalue weighted by molar-refractivity contribution is 5.94. The van der Waals surface area contributed by atoms with Gasteiger partial charge in [-0.2, -0.15) is 0 Å². The molecule has 0 bridgehead atoms. The highest BCUT2D eigenvalue weighted by Crippen LogP contribution is 2.26. The van der Waals surface area contributed by atoms with Gasteiger partial charge in [-0.05, 0) is 43.0 Å². The van der Waals surface area contributed by atoms with Crippen LogP contribution in [0.2, 0.25) is 0 Å². The van der Waals surface area contributed by atoms with Gasteiger partial charge in [0.15, 0.2) is 0 Å². The Balaban J connectivity index is 1.40. The van der Waals surface area contributed by atoms with E-state index >= 15 is 0 Å². The molecule has 1 fully saturated rings. The fourth-order valence-corrected chi connectivity index (χ4v) is 3.93. The smallest absolute Gasteiger partial charge is 0.251 e. The van der Waals surface area contributed by atoms with Gasteiger partial charge in [-0.1, -0.05) is 56.4 Å². The molecule has 1 N–H and O–H groups in total. The summed E-state index contributed by atoms with van der Waals surface area (Å²) in [6.45, 7) is 4.08. The Bertz CT molecular complexity index is 546. The Hall–Kier alpha value is -1.61. The van der Waals surface area contributed by atoms with Crippen molar-refractivity contribution in [2.24, 2.45) is 5.92 Å². The van der Waals surface area contributed by atoms with Gasteiger partial charge in [0.05, 0.1) is 0 Å². The average Bonchev–Trinajstić information content (AvgIpc) is 2.66. The summed E-state index contributed by atoms with van der Waals surface area (Å²) in [5.41, 5.74) is 2.09. The number of carbonyl (C=O) groups is 1. The zero-order chi connectivity index (χ0) is 16.6. The minimum atomic E-state index is 0.0239. The van der Waals surface area contributed by atoms with Crippen molar-refractivity contribution in [3.8, 4) is 0 Å². The van der Waals surface area contributed by atoms with Gasteiger partial charge in [-0.3, -0.25) is 9.69 Å². The number of hydrogen-bond acceptors (Lipinski definition) is 2. The topological polar surface area (TPSA) is 32.3 Å². The van der Waals surface area contributed by atoms with Gasteiger partial charge in [0.2, 0.25) is 0 Å². The Morgan fingerprint density at radius 2 is 1.92 bits per heavy atom. The Morgan fingerprint density at radius 3 is 2.71 bits per heavy atom. The fraction of sp³-hybridized carbons (Fsp3) is 0.571. The molecule has 3 heteroatoms. The number of amides is 1. The Labute approximate surface area is 146 Å². The third kappa shape index (κ3) is 5.20. The minimum Gasteiger partial charge on any atom is -0.348 e. The van der Waals surface area contributed by atoms with Crippen LogP contribution in [0.25, 0.3) is 0 Å². The van der Waals surface area contributed by atoms with E-state index in [9.17, 15) is 4.79 Å². The van der Waals surface area contributed by atoms with Crippen LogP contribution in [0.5, 0.6) is 0 Å². The van der Waals surface area contributed by atoms with Crippen LogP contribution in [0.15, 0.2) is 42.0 Å². The predicted molar refractivity (Wildman–Crippen MR) is 99.1 cm³/mol. The van der Waals surface area contributed by atoms with Crippen molar-refractivity contribution in [3.05, 3.63) is 47.5 Å². The van der Waals surface area contributed by atoms with Gasteiger partial charge in [-0.15, -0.1) is 0 Å². The first-order valence-electron chi connectivity index (χ1n) is 9.55. The van der Waals surface area contributed by atoms with Gasteiger partial charge in [0.25, 0.3) is 5.91 Å². The maximum atomic E-state index is 12.1. The molecule has 1 heterocycles. The van der Waals surface area contributed by atoms with Crippen LogP contribution in [-0.4, -0.2) is 37.0 Å². The molecule has 1 aromatic rings. The zero-order valence-electron chi connectivity index (χ0n) is 14.7. The first-order valence-corrected chi connectivity index (χ1v) is 9.55. The van der Waals surface area contributed by atoms with Crippen molar-refractivity contribution >= 4 is 5.91 Å². The third-order valence-corrected chi connectivity index (χ3v) is 5.40. The van der Waals surface area contributed by atoms with E-state index in [2.05, 4.69) is 16.3 Å². The quantitative estimate of drug-likeness (QED) is 0.801. The molecule has 2 aliphatic rings. The van der Waals surface area contributed by atoms with Crippen LogP contribution in [0.4, 0.5) is 0 Å². The minimum absolute atomic E-state index is 0.0239. The Morgan fingerprint density at radius 1 is 1.12 bits per heavy atom. The number of carbonyl (C=O) groups excluding carboxylic acids is 1. The lowest BCUT2D eigenvalue weighted by molar-refractivity contribution is 0.0956. The number of nitrogens with one attached hydrogen (secondary N) is 1. The number of benzene rings is 1. The lowest BCUT2D eigenvalue weighted by Crippen LogP contribution is -2.36. The second-order valence-corrected chi connectivity index (χ2v) is 7.27. The van der Waals surface area contributed by atoms with E-state index in [1.165, 1.54) is 57.2 Å². The van der Waals surface area contributed by atoms with E-state index in [4.69, 9.17) is 0 Å². The van der Waals surface area contributed by atoms with Gasteiger partial charge in [0, 0.05) is 25.2 Å². The number of hydrogen-bond donors (Lipinski definition) is 1. The summed E-state index contributed by atoms with van der Waals surface area (Å²) in [6, 6.07) is 9.47. The van der Waals surface area contributed by atoms with E-state index in [1.807, 2.05) is 30.3 Å². The molecule has 1 aromatic carbocycles. The monoisotopic (exact) mass is 326 g/mol. The first kappa shape index (κ1) is 17.2. The normalized spacial score (nSPS) is 19.8. The molecular weight excluding hydrogens is 296 g/mol. The molecule has 1 aliphatic heterocycles. The highest BCUT2D eigenvalue weighted by Gasteiger charge is 2.17. The predicted octanol–water partition coefficient (Wildman–Crippen LogP) is 4.02. The summed E-state index contributed by atoms with van der Waals surface area (Å²) in [7, 11) is 0. The molecule has 0 aromatic heterocycles. The average molecular weight is 326 g/mol. The van der Waals surface area contributed by atoms with Gasteiger partial charge in [0.1, 0.15) is 0 Å². The molecule has 0 radical (unpaired) electrons. The molecule has 0 atom stereocenters. The largest absolute Gasteiger partial charge is 0.348 e. The van der Waals surface area contributed by atoms with Crippen LogP contribution in [-0.2, 0) is 0 Å². The van der Waals surface area contributed by atoms with Gasteiger partial charge < -0.3 is 5.32 Å². The molecule has 24 heavy (non-hydrogen) atoms. The van der Waals surface area contributed by atoms with Crippen LogP contribution in [0, 0.1) is 5.92 Å². The van der Waals surface area contributed by atoms with E-state index in [1.54, 1.807) is 0 Å². The molecule has 0 unspecified atom stereocenters. The van der Waals surface area contributed by atoms with Gasteiger partial charge >= 0.3 is 0 Å². The zero-order valence-corrected chi connectivity index (χ0v) is 14.7. The summed E-state index contributed by atoms with van der Waals surface area (Å²) in [6.07, 6.45) is 11.9. The fourth-order valence-electron chi connectivity index (χ4n) is 3.93. The molecule has 130 valence electrons. The molecule has 3 nitrogen and oxygen atoms in total. The maximum absolute atomic E-state index is 12.1. The van der Waals surface area contributed by atoms with E-state index in [0.29, 0.717) is 6.54 Å². The molecule has 0 spiro atoms. The second kappa shape index (κ2) is 9.03. The molecule has 0 saturated heterocycles. The van der Waals surface area contributed by atoms with Crippen LogP contribution in [0.3, 0.4) is 0 Å². The lowest BCUT2D eigenvalue weighted by atomic mass is 9.87. The third-order valence-electron chi connectivity index (χ3n) is 5.40. The lowest BCUT2D eigenvalue weighted by Gasteiger charge is -2.30. The molecule has 1 amide bonds. The highest BCUT2D eigenvalue weighted by atomic mass is 16.1. The van der Waals surface area contributed by atoms with Crippen LogP contribution < -0.4 is 5.32 Å². The number of nitrogens with zero attached hydrogens (tertiary/aromatic N) is 1. The van der Waals surface area contributed by atoms with E-state index in [0.717, 1.165) is 24.4 Å². The maximum Gasteiger partial charge on any atom is 0.251 e. The molecule has 1 aliphatic carbocycles. The van der Waals surface area contributed by atoms with Crippen molar-refractivity contribution in [1.82, 2.24) is 10.2 Å². The standard InChI is InChI=1S/C21H30N2O/c24-21(20-11-5-2-6-12-20)22-16-19-10-7-14-23(17-19)15-13-18-8-3-1-4-9-18/h2,5-6,10-12,18H,1,3-4,7-9,13-17H2,(H,22,24). The van der Waals surface area contributed by atoms with Crippen molar-refractivity contribution in [2.45, 2.75) is 44.9 Å².